The molecule has 0 saturated heterocycles. The van der Waals surface area contributed by atoms with Crippen LogP contribution in [0.25, 0.3) is 5.69 Å². The van der Waals surface area contributed by atoms with E-state index < -0.39 is 29.1 Å². The van der Waals surface area contributed by atoms with Crippen molar-refractivity contribution in [2.24, 2.45) is 5.92 Å². The van der Waals surface area contributed by atoms with Gasteiger partial charge in [0.25, 0.3) is 5.91 Å². The number of nitrogens with zero attached hydrogens (tertiary/aromatic N) is 2. The lowest BCUT2D eigenvalue weighted by Crippen LogP contribution is -2.30. The first-order chi connectivity index (χ1) is 11.2. The number of para-hydroxylation sites is 1. The smallest absolute Gasteiger partial charge is 0.418 e. The van der Waals surface area contributed by atoms with Crippen LogP contribution in [-0.2, 0) is 6.18 Å². The topological polar surface area (TPSA) is 87.4 Å². The Morgan fingerprint density at radius 1 is 1.38 bits per heavy atom. The minimum absolute atomic E-state index is 0.139. The summed E-state index contributed by atoms with van der Waals surface area (Å²) in [6.07, 6.45) is -3.66. The summed E-state index contributed by atoms with van der Waals surface area (Å²) >= 11 is 0. The van der Waals surface area contributed by atoms with Crippen LogP contribution in [0, 0.1) is 5.92 Å². The lowest BCUT2D eigenvalue weighted by Gasteiger charge is -2.12. The molecule has 0 bridgehead atoms. The van der Waals surface area contributed by atoms with Crippen LogP contribution in [0.5, 0.6) is 5.75 Å². The van der Waals surface area contributed by atoms with Crippen LogP contribution in [0.4, 0.5) is 13.2 Å². The van der Waals surface area contributed by atoms with Crippen molar-refractivity contribution in [3.05, 3.63) is 41.7 Å². The minimum atomic E-state index is -4.60. The van der Waals surface area contributed by atoms with Crippen LogP contribution >= 0.6 is 0 Å². The van der Waals surface area contributed by atoms with E-state index in [1.165, 1.54) is 18.2 Å². The van der Waals surface area contributed by atoms with Gasteiger partial charge in [-0.05, 0) is 18.1 Å². The van der Waals surface area contributed by atoms with Gasteiger partial charge in [0.15, 0.2) is 11.4 Å². The minimum Gasteiger partial charge on any atom is -0.504 e. The highest BCUT2D eigenvalue weighted by molar-refractivity contribution is 5.94. The summed E-state index contributed by atoms with van der Waals surface area (Å²) in [4.78, 5) is 12.0. The molecule has 0 aliphatic carbocycles. The molecular formula is C15H16F3N3O3. The molecule has 24 heavy (non-hydrogen) atoms. The van der Waals surface area contributed by atoms with E-state index in [4.69, 9.17) is 5.11 Å². The van der Waals surface area contributed by atoms with Gasteiger partial charge < -0.3 is 15.5 Å². The summed E-state index contributed by atoms with van der Waals surface area (Å²) in [6.45, 7) is 1.69. The van der Waals surface area contributed by atoms with E-state index in [9.17, 15) is 23.1 Å². The van der Waals surface area contributed by atoms with Crippen molar-refractivity contribution in [1.29, 1.82) is 0 Å². The third-order valence-corrected chi connectivity index (χ3v) is 3.29. The molecule has 6 nitrogen and oxygen atoms in total. The van der Waals surface area contributed by atoms with Gasteiger partial charge in [-0.15, -0.1) is 0 Å². The maximum absolute atomic E-state index is 13.0. The summed E-state index contributed by atoms with van der Waals surface area (Å²) in [6, 6.07) is 4.70. The van der Waals surface area contributed by atoms with Gasteiger partial charge in [0.1, 0.15) is 0 Å². The van der Waals surface area contributed by atoms with Gasteiger partial charge in [0.05, 0.1) is 17.4 Å². The highest BCUT2D eigenvalue weighted by Crippen LogP contribution is 2.34. The number of halogens is 3. The van der Waals surface area contributed by atoms with Crippen LogP contribution in [0.15, 0.2) is 30.5 Å². The zero-order valence-electron chi connectivity index (χ0n) is 12.7. The number of aliphatic hydroxyl groups excluding tert-OH is 1. The van der Waals surface area contributed by atoms with E-state index in [0.29, 0.717) is 0 Å². The summed E-state index contributed by atoms with van der Waals surface area (Å²) in [5.41, 5.74) is -1.63. The van der Waals surface area contributed by atoms with Gasteiger partial charge in [-0.1, -0.05) is 19.1 Å². The first-order valence-electron chi connectivity index (χ1n) is 7.08. The molecular weight excluding hydrogens is 327 g/mol. The number of carbonyl (C=O) groups is 1. The molecule has 0 aliphatic heterocycles. The second kappa shape index (κ2) is 6.91. The monoisotopic (exact) mass is 343 g/mol. The SMILES string of the molecule is CC(CO)CNC(=O)c1nn(-c2ccccc2C(F)(F)F)cc1O. The van der Waals surface area contributed by atoms with Crippen LogP contribution in [0.1, 0.15) is 23.0 Å². The first kappa shape index (κ1) is 17.8. The fourth-order valence-electron chi connectivity index (χ4n) is 1.98. The maximum atomic E-state index is 13.0. The van der Waals surface area contributed by atoms with Gasteiger partial charge in [-0.2, -0.15) is 18.3 Å². The molecule has 0 saturated carbocycles. The molecule has 1 heterocycles. The second-order valence-corrected chi connectivity index (χ2v) is 5.32. The van der Waals surface area contributed by atoms with E-state index in [2.05, 4.69) is 10.4 Å². The number of hydrogen-bond acceptors (Lipinski definition) is 4. The van der Waals surface area contributed by atoms with Crippen molar-refractivity contribution in [2.75, 3.05) is 13.2 Å². The van der Waals surface area contributed by atoms with E-state index in [-0.39, 0.29) is 24.8 Å². The fraction of sp³-hybridized carbons (Fsp3) is 0.333. The molecule has 3 N–H and O–H groups in total. The Labute approximate surface area is 135 Å². The third kappa shape index (κ3) is 3.85. The average Bonchev–Trinajstić information content (AvgIpc) is 2.93. The Morgan fingerprint density at radius 2 is 2.04 bits per heavy atom. The van der Waals surface area contributed by atoms with Crippen molar-refractivity contribution < 1.29 is 28.2 Å². The quantitative estimate of drug-likeness (QED) is 0.774. The molecule has 0 radical (unpaired) electrons. The normalized spacial score (nSPS) is 12.9. The Morgan fingerprint density at radius 3 is 2.67 bits per heavy atom. The molecule has 2 aromatic rings. The predicted molar refractivity (Wildman–Crippen MR) is 78.8 cm³/mol. The Hall–Kier alpha value is -2.55. The van der Waals surface area contributed by atoms with Gasteiger partial charge in [0.2, 0.25) is 0 Å². The molecule has 1 aromatic heterocycles. The number of aromatic nitrogens is 2. The van der Waals surface area contributed by atoms with Crippen molar-refractivity contribution in [1.82, 2.24) is 15.1 Å². The summed E-state index contributed by atoms with van der Waals surface area (Å²) in [5, 5.41) is 24.9. The maximum Gasteiger partial charge on any atom is 0.418 e. The zero-order valence-corrected chi connectivity index (χ0v) is 12.7. The summed E-state index contributed by atoms with van der Waals surface area (Å²) in [7, 11) is 0. The van der Waals surface area contributed by atoms with Gasteiger partial charge in [0, 0.05) is 13.2 Å². The van der Waals surface area contributed by atoms with Crippen molar-refractivity contribution in [2.45, 2.75) is 13.1 Å². The Bertz CT molecular complexity index is 728. The first-order valence-corrected chi connectivity index (χ1v) is 7.08. The Balaban J connectivity index is 2.31. The van der Waals surface area contributed by atoms with E-state index in [0.717, 1.165) is 16.9 Å². The highest BCUT2D eigenvalue weighted by Gasteiger charge is 2.34. The standard InChI is InChI=1S/C15H16F3N3O3/c1-9(8-22)6-19-14(24)13-12(23)7-21(20-13)11-5-3-2-4-10(11)15(16,17)18/h2-5,7,9,22-23H,6,8H2,1H3,(H,19,24). The van der Waals surface area contributed by atoms with Crippen LogP contribution in [0.2, 0.25) is 0 Å². The molecule has 0 spiro atoms. The number of carbonyl (C=O) groups excluding carboxylic acids is 1. The number of aromatic hydroxyl groups is 1. The molecule has 2 rings (SSSR count). The van der Waals surface area contributed by atoms with E-state index in [1.807, 2.05) is 0 Å². The van der Waals surface area contributed by atoms with Gasteiger partial charge in [-0.3, -0.25) is 4.79 Å². The second-order valence-electron chi connectivity index (χ2n) is 5.32. The number of rotatable bonds is 5. The number of nitrogens with one attached hydrogen (secondary N) is 1. The predicted octanol–water partition coefficient (Wildman–Crippen LogP) is 1.95. The van der Waals surface area contributed by atoms with Crippen molar-refractivity contribution in [3.63, 3.8) is 0 Å². The van der Waals surface area contributed by atoms with Crippen LogP contribution in [0.3, 0.4) is 0 Å². The van der Waals surface area contributed by atoms with Gasteiger partial charge >= 0.3 is 6.18 Å². The zero-order chi connectivity index (χ0) is 17.9. The number of alkyl halides is 3. The van der Waals surface area contributed by atoms with Crippen LogP contribution in [-0.4, -0.2) is 39.1 Å². The Kier molecular flexibility index (Phi) is 5.13. The van der Waals surface area contributed by atoms with E-state index in [1.54, 1.807) is 6.92 Å². The number of amides is 1. The highest BCUT2D eigenvalue weighted by atomic mass is 19.4. The summed E-state index contributed by atoms with van der Waals surface area (Å²) in [5.74, 6) is -1.48. The molecule has 0 fully saturated rings. The number of benzene rings is 1. The average molecular weight is 343 g/mol. The molecule has 1 atom stereocenters. The third-order valence-electron chi connectivity index (χ3n) is 3.29. The molecule has 1 unspecified atom stereocenters. The van der Waals surface area contributed by atoms with Crippen molar-refractivity contribution in [3.8, 4) is 11.4 Å². The molecule has 1 aromatic carbocycles. The largest absolute Gasteiger partial charge is 0.504 e. The van der Waals surface area contributed by atoms with Gasteiger partial charge in [-0.25, -0.2) is 4.68 Å². The molecule has 130 valence electrons. The number of hydrogen-bond donors (Lipinski definition) is 3. The van der Waals surface area contributed by atoms with Crippen molar-refractivity contribution >= 4 is 5.91 Å². The number of aliphatic hydroxyl groups is 1. The lowest BCUT2D eigenvalue weighted by atomic mass is 10.2. The van der Waals surface area contributed by atoms with Crippen LogP contribution < -0.4 is 5.32 Å². The molecule has 1 amide bonds. The summed E-state index contributed by atoms with van der Waals surface area (Å²) < 4.78 is 39.9. The molecule has 9 heteroatoms. The molecule has 0 aliphatic rings. The lowest BCUT2D eigenvalue weighted by molar-refractivity contribution is -0.137. The van der Waals surface area contributed by atoms with E-state index >= 15 is 0 Å². The fourth-order valence-corrected chi connectivity index (χ4v) is 1.98.